The zero-order valence-electron chi connectivity index (χ0n) is 7.33. The van der Waals surface area contributed by atoms with E-state index in [0.29, 0.717) is 0 Å². The van der Waals surface area contributed by atoms with Crippen molar-refractivity contribution in [2.24, 2.45) is 0 Å². The zero-order valence-corrected chi connectivity index (χ0v) is 9.49. The zero-order chi connectivity index (χ0) is 8.84. The molecule has 0 unspecified atom stereocenters. The van der Waals surface area contributed by atoms with Crippen LogP contribution in [0, 0.1) is 3.70 Å². The molecule has 1 heterocycles. The molecule has 1 aromatic heterocycles. The van der Waals surface area contributed by atoms with E-state index in [2.05, 4.69) is 32.8 Å². The SMILES string of the molecule is Ic1nncc2c1C1CCC2CC1. The first-order valence-corrected chi connectivity index (χ1v) is 5.95. The van der Waals surface area contributed by atoms with Gasteiger partial charge in [-0.3, -0.25) is 0 Å². The standard InChI is InChI=1S/C10H11IN2/c11-10-9-7-3-1-6(2-4-7)8(9)5-12-13-10/h5-7H,1-4H2. The third-order valence-corrected chi connectivity index (χ3v) is 4.25. The molecule has 13 heavy (non-hydrogen) atoms. The lowest BCUT2D eigenvalue weighted by Gasteiger charge is -2.37. The molecular formula is C10H11IN2. The molecule has 4 rings (SSSR count). The number of fused-ring (bicyclic) bond motifs is 2. The van der Waals surface area contributed by atoms with E-state index >= 15 is 0 Å². The maximum atomic E-state index is 4.15. The highest BCUT2D eigenvalue weighted by Gasteiger charge is 2.34. The Kier molecular flexibility index (Phi) is 1.82. The minimum Gasteiger partial charge on any atom is -0.158 e. The van der Waals surface area contributed by atoms with Crippen molar-refractivity contribution in [2.45, 2.75) is 37.5 Å². The predicted molar refractivity (Wildman–Crippen MR) is 58.7 cm³/mol. The summed E-state index contributed by atoms with van der Waals surface area (Å²) in [6.07, 6.45) is 7.49. The van der Waals surface area contributed by atoms with Crippen LogP contribution < -0.4 is 0 Å². The first-order chi connectivity index (χ1) is 6.36. The minimum atomic E-state index is 0.794. The van der Waals surface area contributed by atoms with E-state index in [0.717, 1.165) is 15.5 Å². The Balaban J connectivity index is 2.23. The van der Waals surface area contributed by atoms with Crippen molar-refractivity contribution in [1.29, 1.82) is 0 Å². The van der Waals surface area contributed by atoms with E-state index in [4.69, 9.17) is 0 Å². The molecule has 0 N–H and O–H groups in total. The Labute approximate surface area is 91.3 Å². The predicted octanol–water partition coefficient (Wildman–Crippen LogP) is 2.84. The van der Waals surface area contributed by atoms with Crippen LogP contribution in [0.2, 0.25) is 0 Å². The van der Waals surface area contributed by atoms with Crippen molar-refractivity contribution >= 4 is 22.6 Å². The molecule has 3 aliphatic rings. The van der Waals surface area contributed by atoms with Crippen molar-refractivity contribution < 1.29 is 0 Å². The Morgan fingerprint density at radius 1 is 1.15 bits per heavy atom. The second kappa shape index (κ2) is 2.90. The van der Waals surface area contributed by atoms with E-state index in [9.17, 15) is 0 Å². The summed E-state index contributed by atoms with van der Waals surface area (Å²) in [6, 6.07) is 0. The highest BCUT2D eigenvalue weighted by molar-refractivity contribution is 14.1. The van der Waals surface area contributed by atoms with E-state index < -0.39 is 0 Å². The van der Waals surface area contributed by atoms with Gasteiger partial charge < -0.3 is 0 Å². The summed E-state index contributed by atoms with van der Waals surface area (Å²) in [5.41, 5.74) is 3.03. The highest BCUT2D eigenvalue weighted by Crippen LogP contribution is 2.49. The molecule has 0 atom stereocenters. The van der Waals surface area contributed by atoms with Crippen LogP contribution in [-0.4, -0.2) is 10.2 Å². The van der Waals surface area contributed by atoms with Gasteiger partial charge in [-0.2, -0.15) is 5.10 Å². The van der Waals surface area contributed by atoms with Gasteiger partial charge in [0.15, 0.2) is 0 Å². The summed E-state index contributed by atoms with van der Waals surface area (Å²) in [5.74, 6) is 1.59. The fourth-order valence-electron chi connectivity index (χ4n) is 2.81. The number of rotatable bonds is 0. The van der Waals surface area contributed by atoms with Crippen molar-refractivity contribution in [3.63, 3.8) is 0 Å². The van der Waals surface area contributed by atoms with Crippen molar-refractivity contribution in [2.75, 3.05) is 0 Å². The van der Waals surface area contributed by atoms with Crippen LogP contribution in [-0.2, 0) is 0 Å². The molecule has 0 saturated heterocycles. The molecule has 0 spiro atoms. The second-order valence-corrected chi connectivity index (χ2v) is 5.07. The van der Waals surface area contributed by atoms with Gasteiger partial charge in [0.05, 0.1) is 6.20 Å². The number of hydrogen-bond acceptors (Lipinski definition) is 2. The molecule has 2 bridgehead atoms. The minimum absolute atomic E-state index is 0.794. The molecule has 1 aromatic rings. The molecule has 2 nitrogen and oxygen atoms in total. The molecular weight excluding hydrogens is 275 g/mol. The number of halogens is 1. The molecule has 0 aromatic carbocycles. The molecule has 3 aliphatic carbocycles. The van der Waals surface area contributed by atoms with Gasteiger partial charge in [0.2, 0.25) is 0 Å². The smallest absolute Gasteiger partial charge is 0.127 e. The summed E-state index contributed by atoms with van der Waals surface area (Å²) in [5, 5.41) is 8.21. The van der Waals surface area contributed by atoms with Crippen LogP contribution in [0.5, 0.6) is 0 Å². The first-order valence-electron chi connectivity index (χ1n) is 4.87. The summed E-state index contributed by atoms with van der Waals surface area (Å²) >= 11 is 2.33. The van der Waals surface area contributed by atoms with Crippen LogP contribution in [0.1, 0.15) is 48.6 Å². The van der Waals surface area contributed by atoms with Crippen LogP contribution in [0.15, 0.2) is 6.20 Å². The molecule has 0 amide bonds. The number of hydrogen-bond donors (Lipinski definition) is 0. The maximum absolute atomic E-state index is 4.15. The van der Waals surface area contributed by atoms with Gasteiger partial charge in [0.25, 0.3) is 0 Å². The topological polar surface area (TPSA) is 25.8 Å². The van der Waals surface area contributed by atoms with E-state index in [-0.39, 0.29) is 0 Å². The largest absolute Gasteiger partial charge is 0.158 e. The fraction of sp³-hybridized carbons (Fsp3) is 0.600. The monoisotopic (exact) mass is 286 g/mol. The summed E-state index contributed by atoms with van der Waals surface area (Å²) in [4.78, 5) is 0. The summed E-state index contributed by atoms with van der Waals surface area (Å²) in [7, 11) is 0. The highest BCUT2D eigenvalue weighted by atomic mass is 127. The Hall–Kier alpha value is -0.190. The lowest BCUT2D eigenvalue weighted by atomic mass is 9.68. The van der Waals surface area contributed by atoms with Gasteiger partial charge in [0, 0.05) is 0 Å². The van der Waals surface area contributed by atoms with Gasteiger partial charge in [-0.1, -0.05) is 0 Å². The fourth-order valence-corrected chi connectivity index (χ4v) is 3.68. The van der Waals surface area contributed by atoms with E-state index in [1.54, 1.807) is 0 Å². The molecule has 1 fully saturated rings. The Morgan fingerprint density at radius 3 is 2.54 bits per heavy atom. The maximum Gasteiger partial charge on any atom is 0.127 e. The van der Waals surface area contributed by atoms with Gasteiger partial charge in [-0.25, -0.2) is 0 Å². The molecule has 1 saturated carbocycles. The Morgan fingerprint density at radius 2 is 1.85 bits per heavy atom. The molecule has 68 valence electrons. The first kappa shape index (κ1) is 8.15. The molecule has 0 radical (unpaired) electrons. The average Bonchev–Trinajstić information content (AvgIpc) is 2.20. The number of nitrogens with zero attached hydrogens (tertiary/aromatic N) is 2. The number of aromatic nitrogens is 2. The average molecular weight is 286 g/mol. The second-order valence-electron chi connectivity index (χ2n) is 4.05. The van der Waals surface area contributed by atoms with Crippen molar-refractivity contribution in [3.05, 3.63) is 21.0 Å². The lowest BCUT2D eigenvalue weighted by molar-refractivity contribution is 0.354. The third kappa shape index (κ3) is 1.12. The van der Waals surface area contributed by atoms with Crippen LogP contribution in [0.25, 0.3) is 0 Å². The van der Waals surface area contributed by atoms with Crippen LogP contribution in [0.4, 0.5) is 0 Å². The van der Waals surface area contributed by atoms with Gasteiger partial charge in [-0.15, -0.1) is 5.10 Å². The van der Waals surface area contributed by atoms with Gasteiger partial charge in [0.1, 0.15) is 3.70 Å². The molecule has 0 aliphatic heterocycles. The quantitative estimate of drug-likeness (QED) is 0.685. The molecule has 3 heteroatoms. The van der Waals surface area contributed by atoms with Gasteiger partial charge in [-0.05, 0) is 71.2 Å². The lowest BCUT2D eigenvalue weighted by Crippen LogP contribution is -2.23. The summed E-state index contributed by atoms with van der Waals surface area (Å²) < 4.78 is 1.14. The van der Waals surface area contributed by atoms with Crippen LogP contribution in [0.3, 0.4) is 0 Å². The summed E-state index contributed by atoms with van der Waals surface area (Å²) in [6.45, 7) is 0. The van der Waals surface area contributed by atoms with Crippen molar-refractivity contribution in [1.82, 2.24) is 10.2 Å². The van der Waals surface area contributed by atoms with E-state index in [1.807, 2.05) is 6.20 Å². The Bertz CT molecular complexity index is 343. The van der Waals surface area contributed by atoms with Crippen molar-refractivity contribution in [3.8, 4) is 0 Å². The van der Waals surface area contributed by atoms with E-state index in [1.165, 1.54) is 36.8 Å². The normalized spacial score (nSPS) is 30.2. The third-order valence-electron chi connectivity index (χ3n) is 3.45. The van der Waals surface area contributed by atoms with Gasteiger partial charge >= 0.3 is 0 Å². The van der Waals surface area contributed by atoms with Crippen LogP contribution >= 0.6 is 22.6 Å².